The van der Waals surface area contributed by atoms with Crippen molar-refractivity contribution in [1.29, 1.82) is 0 Å². The highest BCUT2D eigenvalue weighted by molar-refractivity contribution is 5.71. The van der Waals surface area contributed by atoms with E-state index in [1.807, 2.05) is 0 Å². The van der Waals surface area contributed by atoms with Gasteiger partial charge in [-0.1, -0.05) is 212 Å². The van der Waals surface area contributed by atoms with Gasteiger partial charge in [0.15, 0.2) is 6.10 Å². The predicted octanol–water partition coefficient (Wildman–Crippen LogP) is 19.2. The van der Waals surface area contributed by atoms with E-state index in [-0.39, 0.29) is 37.5 Å². The maximum absolute atomic E-state index is 12.8. The zero-order valence-electron chi connectivity index (χ0n) is 45.4. The molecule has 6 nitrogen and oxygen atoms in total. The second-order valence-electron chi connectivity index (χ2n) is 18.1. The van der Waals surface area contributed by atoms with Crippen molar-refractivity contribution >= 4 is 17.9 Å². The van der Waals surface area contributed by atoms with E-state index in [9.17, 15) is 14.4 Å². The molecule has 0 rings (SSSR count). The maximum atomic E-state index is 12.8. The van der Waals surface area contributed by atoms with E-state index in [2.05, 4.69) is 167 Å². The molecule has 0 saturated heterocycles. The van der Waals surface area contributed by atoms with Crippen molar-refractivity contribution < 1.29 is 28.6 Å². The second-order valence-corrected chi connectivity index (χ2v) is 18.1. The minimum atomic E-state index is -0.838. The summed E-state index contributed by atoms with van der Waals surface area (Å²) in [6, 6.07) is 0. The standard InChI is InChI=1S/C65H102O6/c1-4-7-10-13-16-19-22-25-28-31-32-35-37-40-43-46-49-52-55-58-64(67)70-61-62(71-65(68)59-56-53-50-47-44-41-38-34-30-27-24-21-18-15-12-9-6-3)60-69-63(66)57-54-51-48-45-42-39-36-33-29-26-23-20-17-14-11-8-5-2/h8,11,16-21,25-30,32,35-36,38-41,43,47,50,62H,4-7,9-10,12-15,22-24,31,33-34,37,42,44-46,48-49,51-61H2,1-3H3/b11-8-,19-16-,20-17-,21-18-,28-25-,29-26-,30-27-,35-32-,39-36-,41-38-,43-40-,50-47-/t62-/m1/s1. The monoisotopic (exact) mass is 979 g/mol. The molecule has 0 amide bonds. The Kier molecular flexibility index (Phi) is 54.0. The van der Waals surface area contributed by atoms with Crippen LogP contribution in [0.15, 0.2) is 146 Å². The molecule has 0 spiro atoms. The number of allylic oxidation sites excluding steroid dienone is 24. The van der Waals surface area contributed by atoms with Crippen LogP contribution < -0.4 is 0 Å². The number of esters is 3. The molecule has 0 aliphatic carbocycles. The molecule has 1 atom stereocenters. The van der Waals surface area contributed by atoms with Gasteiger partial charge in [0, 0.05) is 19.3 Å². The number of rotatable bonds is 49. The normalized spacial score (nSPS) is 13.2. The highest BCUT2D eigenvalue weighted by Gasteiger charge is 2.19. The van der Waals surface area contributed by atoms with Crippen LogP contribution in [0.4, 0.5) is 0 Å². The Hall–Kier alpha value is -4.71. The highest BCUT2D eigenvalue weighted by atomic mass is 16.6. The van der Waals surface area contributed by atoms with Crippen LogP contribution in [0.2, 0.25) is 0 Å². The first-order valence-electron chi connectivity index (χ1n) is 28.3. The van der Waals surface area contributed by atoms with Crippen LogP contribution in [-0.4, -0.2) is 37.2 Å². The van der Waals surface area contributed by atoms with Crippen LogP contribution in [0.1, 0.15) is 226 Å². The first-order chi connectivity index (χ1) is 35.0. The van der Waals surface area contributed by atoms with E-state index >= 15 is 0 Å². The Morgan fingerprint density at radius 1 is 0.296 bits per heavy atom. The molecule has 398 valence electrons. The first kappa shape index (κ1) is 66.3. The fourth-order valence-corrected chi connectivity index (χ4v) is 7.05. The van der Waals surface area contributed by atoms with Crippen LogP contribution in [0.3, 0.4) is 0 Å². The minimum absolute atomic E-state index is 0.129. The van der Waals surface area contributed by atoms with Crippen molar-refractivity contribution in [2.75, 3.05) is 13.2 Å². The molecule has 0 aromatic rings. The van der Waals surface area contributed by atoms with Gasteiger partial charge in [-0.3, -0.25) is 14.4 Å². The number of hydrogen-bond donors (Lipinski definition) is 0. The SMILES string of the molecule is CC/C=C\C/C=C\C/C=C\C/C=C\CCCCCCC(=O)OC[C@H](COC(=O)CCCCC/C=C\C/C=C\C/C=C\C/C=C\CCCCC)OC(=O)CCC/C=C\C/C=C\C/C=C\C/C=C\CCCCC. The lowest BCUT2D eigenvalue weighted by Crippen LogP contribution is -2.30. The van der Waals surface area contributed by atoms with Crippen LogP contribution in [-0.2, 0) is 28.6 Å². The molecule has 0 aromatic heterocycles. The van der Waals surface area contributed by atoms with Crippen LogP contribution >= 0.6 is 0 Å². The highest BCUT2D eigenvalue weighted by Crippen LogP contribution is 2.11. The summed E-state index contributed by atoms with van der Waals surface area (Å²) in [5.41, 5.74) is 0. The van der Waals surface area contributed by atoms with E-state index in [0.717, 1.165) is 128 Å². The average Bonchev–Trinajstić information content (AvgIpc) is 3.37. The molecular weight excluding hydrogens is 877 g/mol. The predicted molar refractivity (Wildman–Crippen MR) is 306 cm³/mol. The summed E-state index contributed by atoms with van der Waals surface area (Å²) >= 11 is 0. The quantitative estimate of drug-likeness (QED) is 0.0262. The van der Waals surface area contributed by atoms with Gasteiger partial charge in [-0.2, -0.15) is 0 Å². The summed E-state index contributed by atoms with van der Waals surface area (Å²) in [5.74, 6) is -1.05. The van der Waals surface area contributed by atoms with Crippen LogP contribution in [0.5, 0.6) is 0 Å². The Morgan fingerprint density at radius 2 is 0.563 bits per heavy atom. The Morgan fingerprint density at radius 3 is 0.901 bits per heavy atom. The maximum Gasteiger partial charge on any atom is 0.306 e. The molecule has 0 unspecified atom stereocenters. The van der Waals surface area contributed by atoms with Crippen LogP contribution in [0, 0.1) is 0 Å². The van der Waals surface area contributed by atoms with Gasteiger partial charge in [-0.25, -0.2) is 0 Å². The molecule has 0 heterocycles. The number of hydrogen-bond acceptors (Lipinski definition) is 6. The molecule has 0 N–H and O–H groups in total. The van der Waals surface area contributed by atoms with E-state index in [1.165, 1.54) is 51.4 Å². The summed E-state index contributed by atoms with van der Waals surface area (Å²) < 4.78 is 16.8. The summed E-state index contributed by atoms with van der Waals surface area (Å²) in [6.45, 7) is 6.36. The largest absolute Gasteiger partial charge is 0.462 e. The van der Waals surface area contributed by atoms with E-state index in [1.54, 1.807) is 0 Å². The fourth-order valence-electron chi connectivity index (χ4n) is 7.05. The second kappa shape index (κ2) is 57.9. The van der Waals surface area contributed by atoms with Gasteiger partial charge in [0.05, 0.1) is 0 Å². The van der Waals surface area contributed by atoms with Gasteiger partial charge in [-0.15, -0.1) is 0 Å². The molecule has 0 aliphatic rings. The summed E-state index contributed by atoms with van der Waals surface area (Å²) in [5, 5.41) is 0. The van der Waals surface area contributed by atoms with Crippen molar-refractivity contribution in [1.82, 2.24) is 0 Å². The van der Waals surface area contributed by atoms with Crippen molar-refractivity contribution in [2.24, 2.45) is 0 Å². The molecule has 0 fully saturated rings. The lowest BCUT2D eigenvalue weighted by Gasteiger charge is -2.18. The molecule has 0 saturated carbocycles. The van der Waals surface area contributed by atoms with Crippen molar-refractivity contribution in [2.45, 2.75) is 232 Å². The molecule has 0 aliphatic heterocycles. The lowest BCUT2D eigenvalue weighted by atomic mass is 10.1. The number of unbranched alkanes of at least 4 members (excludes halogenated alkanes) is 14. The zero-order chi connectivity index (χ0) is 51.4. The third-order valence-electron chi connectivity index (χ3n) is 11.3. The fraction of sp³-hybridized carbons (Fsp3) is 0.585. The topological polar surface area (TPSA) is 78.9 Å². The lowest BCUT2D eigenvalue weighted by molar-refractivity contribution is -0.167. The Bertz CT molecular complexity index is 1590. The third kappa shape index (κ3) is 56.1. The zero-order valence-corrected chi connectivity index (χ0v) is 45.4. The summed E-state index contributed by atoms with van der Waals surface area (Å²) in [7, 11) is 0. The Balaban J connectivity index is 4.61. The van der Waals surface area contributed by atoms with Gasteiger partial charge < -0.3 is 14.2 Å². The van der Waals surface area contributed by atoms with Gasteiger partial charge >= 0.3 is 17.9 Å². The minimum Gasteiger partial charge on any atom is -0.462 e. The van der Waals surface area contributed by atoms with Gasteiger partial charge in [0.1, 0.15) is 13.2 Å². The first-order valence-corrected chi connectivity index (χ1v) is 28.3. The van der Waals surface area contributed by atoms with Crippen molar-refractivity contribution in [3.05, 3.63) is 146 Å². The van der Waals surface area contributed by atoms with Crippen LogP contribution in [0.25, 0.3) is 0 Å². The van der Waals surface area contributed by atoms with Crippen molar-refractivity contribution in [3.8, 4) is 0 Å². The van der Waals surface area contributed by atoms with E-state index in [0.29, 0.717) is 19.3 Å². The van der Waals surface area contributed by atoms with Gasteiger partial charge in [-0.05, 0) is 141 Å². The smallest absolute Gasteiger partial charge is 0.306 e. The molecule has 0 aromatic carbocycles. The average molecular weight is 980 g/mol. The third-order valence-corrected chi connectivity index (χ3v) is 11.3. The molecule has 6 heteroatoms. The van der Waals surface area contributed by atoms with Gasteiger partial charge in [0.2, 0.25) is 0 Å². The summed E-state index contributed by atoms with van der Waals surface area (Å²) in [4.78, 5) is 38.1. The number of ether oxygens (including phenoxy) is 3. The number of carbonyl (C=O) groups excluding carboxylic acids is 3. The van der Waals surface area contributed by atoms with Crippen molar-refractivity contribution in [3.63, 3.8) is 0 Å². The number of carbonyl (C=O) groups is 3. The van der Waals surface area contributed by atoms with E-state index in [4.69, 9.17) is 14.2 Å². The van der Waals surface area contributed by atoms with Gasteiger partial charge in [0.25, 0.3) is 0 Å². The Labute approximate surface area is 436 Å². The summed E-state index contributed by atoms with van der Waals surface area (Å²) in [6.07, 6.45) is 82.6. The molecule has 71 heavy (non-hydrogen) atoms. The molecular formula is C65H102O6. The molecule has 0 bridgehead atoms. The van der Waals surface area contributed by atoms with E-state index < -0.39 is 6.10 Å². The molecule has 0 radical (unpaired) electrons.